The van der Waals surface area contributed by atoms with E-state index in [1.165, 1.54) is 18.2 Å². The fourth-order valence-electron chi connectivity index (χ4n) is 1.44. The van der Waals surface area contributed by atoms with Gasteiger partial charge in [0.15, 0.2) is 0 Å². The third-order valence-corrected chi connectivity index (χ3v) is 2.83. The van der Waals surface area contributed by atoms with Gasteiger partial charge in [-0.05, 0) is 42.5 Å². The summed E-state index contributed by atoms with van der Waals surface area (Å²) in [5, 5.41) is 11.6. The Kier molecular flexibility index (Phi) is 3.62. The summed E-state index contributed by atoms with van der Waals surface area (Å²) < 4.78 is 14.2. The molecule has 0 aliphatic rings. The predicted molar refractivity (Wildman–Crippen MR) is 70.8 cm³/mol. The van der Waals surface area contributed by atoms with Crippen molar-refractivity contribution < 1.29 is 14.3 Å². The van der Waals surface area contributed by atoms with Gasteiger partial charge in [-0.1, -0.05) is 15.9 Å². The fourth-order valence-corrected chi connectivity index (χ4v) is 1.81. The summed E-state index contributed by atoms with van der Waals surface area (Å²) in [7, 11) is 0. The van der Waals surface area contributed by atoms with E-state index in [4.69, 9.17) is 5.11 Å². The highest BCUT2D eigenvalue weighted by Crippen LogP contribution is 2.24. The number of hydrogen-bond acceptors (Lipinski definition) is 2. The van der Waals surface area contributed by atoms with Gasteiger partial charge in [0.05, 0.1) is 11.3 Å². The third kappa shape index (κ3) is 2.87. The zero-order valence-corrected chi connectivity index (χ0v) is 10.7. The van der Waals surface area contributed by atoms with Crippen molar-refractivity contribution in [1.29, 1.82) is 0 Å². The lowest BCUT2D eigenvalue weighted by atomic mass is 10.2. The van der Waals surface area contributed by atoms with Crippen molar-refractivity contribution in [3.05, 3.63) is 58.3 Å². The van der Waals surface area contributed by atoms with Crippen LogP contribution in [0.15, 0.2) is 46.9 Å². The van der Waals surface area contributed by atoms with Crippen LogP contribution in [-0.2, 0) is 0 Å². The molecule has 2 rings (SSSR count). The molecule has 0 aliphatic carbocycles. The van der Waals surface area contributed by atoms with Crippen LogP contribution in [0.3, 0.4) is 0 Å². The molecule has 0 saturated carbocycles. The summed E-state index contributed by atoms with van der Waals surface area (Å²) in [6, 6.07) is 10.7. The average molecular weight is 310 g/mol. The van der Waals surface area contributed by atoms with Gasteiger partial charge in [0, 0.05) is 10.2 Å². The van der Waals surface area contributed by atoms with Gasteiger partial charge < -0.3 is 10.4 Å². The molecule has 2 N–H and O–H groups in total. The third-order valence-electron chi connectivity index (χ3n) is 2.34. The lowest BCUT2D eigenvalue weighted by Crippen LogP contribution is -1.97. The van der Waals surface area contributed by atoms with Crippen LogP contribution in [0, 0.1) is 5.82 Å². The molecular formula is C13H9BrFNO2. The van der Waals surface area contributed by atoms with Crippen molar-refractivity contribution in [2.24, 2.45) is 0 Å². The number of carbonyl (C=O) groups is 1. The van der Waals surface area contributed by atoms with Gasteiger partial charge in [0.25, 0.3) is 0 Å². The molecule has 2 aromatic rings. The van der Waals surface area contributed by atoms with Crippen LogP contribution in [0.4, 0.5) is 15.8 Å². The first kappa shape index (κ1) is 12.6. The quantitative estimate of drug-likeness (QED) is 0.900. The zero-order chi connectivity index (χ0) is 13.1. The maximum atomic E-state index is 13.5. The van der Waals surface area contributed by atoms with Gasteiger partial charge in [-0.15, -0.1) is 0 Å². The van der Waals surface area contributed by atoms with E-state index in [1.807, 2.05) is 0 Å². The van der Waals surface area contributed by atoms with E-state index in [-0.39, 0.29) is 11.4 Å². The van der Waals surface area contributed by atoms with E-state index < -0.39 is 5.97 Å². The Bertz CT molecular complexity index is 584. The van der Waals surface area contributed by atoms with Gasteiger partial charge in [-0.25, -0.2) is 9.18 Å². The van der Waals surface area contributed by atoms with Crippen LogP contribution in [0.1, 0.15) is 10.4 Å². The van der Waals surface area contributed by atoms with Crippen molar-refractivity contribution in [3.8, 4) is 0 Å². The van der Waals surface area contributed by atoms with E-state index in [0.29, 0.717) is 11.4 Å². The number of rotatable bonds is 3. The van der Waals surface area contributed by atoms with Crippen molar-refractivity contribution in [2.45, 2.75) is 0 Å². The SMILES string of the molecule is O=C(O)c1ccc(Nc2cc(Br)ccc2F)cc1. The molecule has 0 spiro atoms. The number of carboxylic acids is 1. The Labute approximate surface area is 111 Å². The molecule has 3 nitrogen and oxygen atoms in total. The van der Waals surface area contributed by atoms with Crippen LogP contribution in [0.25, 0.3) is 0 Å². The number of anilines is 2. The first-order valence-electron chi connectivity index (χ1n) is 5.12. The Morgan fingerprint density at radius 2 is 1.83 bits per heavy atom. The number of nitrogens with one attached hydrogen (secondary N) is 1. The molecular weight excluding hydrogens is 301 g/mol. The lowest BCUT2D eigenvalue weighted by molar-refractivity contribution is 0.0697. The maximum Gasteiger partial charge on any atom is 0.335 e. The second-order valence-electron chi connectivity index (χ2n) is 3.63. The van der Waals surface area contributed by atoms with Gasteiger partial charge in [0.2, 0.25) is 0 Å². The molecule has 0 atom stereocenters. The normalized spacial score (nSPS) is 10.1. The zero-order valence-electron chi connectivity index (χ0n) is 9.15. The largest absolute Gasteiger partial charge is 0.478 e. The van der Waals surface area contributed by atoms with Crippen LogP contribution in [-0.4, -0.2) is 11.1 Å². The second kappa shape index (κ2) is 5.18. The van der Waals surface area contributed by atoms with Crippen molar-refractivity contribution in [2.75, 3.05) is 5.32 Å². The van der Waals surface area contributed by atoms with Crippen LogP contribution < -0.4 is 5.32 Å². The molecule has 0 bridgehead atoms. The topological polar surface area (TPSA) is 49.3 Å². The molecule has 0 radical (unpaired) electrons. The first-order chi connectivity index (χ1) is 8.56. The predicted octanol–water partition coefficient (Wildman–Crippen LogP) is 4.03. The van der Waals surface area contributed by atoms with Gasteiger partial charge in [0.1, 0.15) is 5.82 Å². The average Bonchev–Trinajstić information content (AvgIpc) is 2.34. The van der Waals surface area contributed by atoms with Gasteiger partial charge in [-0.2, -0.15) is 0 Å². The molecule has 0 aliphatic heterocycles. The summed E-state index contributed by atoms with van der Waals surface area (Å²) >= 11 is 3.26. The Morgan fingerprint density at radius 1 is 1.17 bits per heavy atom. The molecule has 5 heteroatoms. The number of halogens is 2. The van der Waals surface area contributed by atoms with Crippen LogP contribution in [0.2, 0.25) is 0 Å². The minimum Gasteiger partial charge on any atom is -0.478 e. The number of hydrogen-bond donors (Lipinski definition) is 2. The summed E-state index contributed by atoms with van der Waals surface area (Å²) in [6.45, 7) is 0. The Hall–Kier alpha value is -1.88. The maximum absolute atomic E-state index is 13.5. The summed E-state index contributed by atoms with van der Waals surface area (Å²) in [5.41, 5.74) is 1.14. The Balaban J connectivity index is 2.23. The lowest BCUT2D eigenvalue weighted by Gasteiger charge is -2.08. The molecule has 18 heavy (non-hydrogen) atoms. The van der Waals surface area contributed by atoms with Crippen molar-refractivity contribution in [1.82, 2.24) is 0 Å². The smallest absolute Gasteiger partial charge is 0.335 e. The first-order valence-corrected chi connectivity index (χ1v) is 5.91. The van der Waals surface area contributed by atoms with Crippen LogP contribution >= 0.6 is 15.9 Å². The molecule has 0 heterocycles. The molecule has 0 fully saturated rings. The van der Waals surface area contributed by atoms with E-state index in [2.05, 4.69) is 21.2 Å². The number of benzene rings is 2. The van der Waals surface area contributed by atoms with E-state index in [0.717, 1.165) is 4.47 Å². The van der Waals surface area contributed by atoms with Crippen LogP contribution in [0.5, 0.6) is 0 Å². The highest BCUT2D eigenvalue weighted by atomic mass is 79.9. The number of carboxylic acid groups (broad SMARTS) is 1. The van der Waals surface area contributed by atoms with Gasteiger partial charge >= 0.3 is 5.97 Å². The van der Waals surface area contributed by atoms with Gasteiger partial charge in [-0.3, -0.25) is 0 Å². The second-order valence-corrected chi connectivity index (χ2v) is 4.55. The summed E-state index contributed by atoms with van der Waals surface area (Å²) in [6.07, 6.45) is 0. The molecule has 2 aromatic carbocycles. The van der Waals surface area contributed by atoms with E-state index in [1.54, 1.807) is 24.3 Å². The minimum atomic E-state index is -0.991. The van der Waals surface area contributed by atoms with E-state index in [9.17, 15) is 9.18 Å². The summed E-state index contributed by atoms with van der Waals surface area (Å²) in [5.74, 6) is -1.37. The van der Waals surface area contributed by atoms with E-state index >= 15 is 0 Å². The summed E-state index contributed by atoms with van der Waals surface area (Å²) in [4.78, 5) is 10.7. The van der Waals surface area contributed by atoms with Crippen molar-refractivity contribution in [3.63, 3.8) is 0 Å². The monoisotopic (exact) mass is 309 g/mol. The standard InChI is InChI=1S/C13H9BrFNO2/c14-9-3-6-11(15)12(7-9)16-10-4-1-8(2-5-10)13(17)18/h1-7,16H,(H,17,18). The molecule has 0 amide bonds. The molecule has 0 saturated heterocycles. The van der Waals surface area contributed by atoms with Crippen molar-refractivity contribution >= 4 is 33.3 Å². The molecule has 92 valence electrons. The highest BCUT2D eigenvalue weighted by molar-refractivity contribution is 9.10. The Morgan fingerprint density at radius 3 is 2.44 bits per heavy atom. The minimum absolute atomic E-state index is 0.190. The fraction of sp³-hybridized carbons (Fsp3) is 0. The highest BCUT2D eigenvalue weighted by Gasteiger charge is 2.05. The molecule has 0 aromatic heterocycles. The number of aromatic carboxylic acids is 1. The molecule has 0 unspecified atom stereocenters.